The number of aliphatic carboxylic acids is 1. The average Bonchev–Trinajstić information content (AvgIpc) is 3.05. The highest BCUT2D eigenvalue weighted by atomic mass is 16.4. The van der Waals surface area contributed by atoms with Crippen molar-refractivity contribution in [3.05, 3.63) is 42.3 Å². The first-order chi connectivity index (χ1) is 10.7. The second kappa shape index (κ2) is 6.01. The highest BCUT2D eigenvalue weighted by Gasteiger charge is 2.33. The maximum absolute atomic E-state index is 12.5. The van der Waals surface area contributed by atoms with E-state index in [0.717, 1.165) is 18.4 Å². The number of carbonyl (C=O) groups excluding carboxylic acids is 1. The van der Waals surface area contributed by atoms with Crippen LogP contribution in [0.5, 0.6) is 0 Å². The molecule has 1 aromatic carbocycles. The van der Waals surface area contributed by atoms with Crippen LogP contribution in [0, 0.1) is 0 Å². The minimum atomic E-state index is -0.972. The Labute approximate surface area is 127 Å². The molecule has 0 aliphatic carbocycles. The van der Waals surface area contributed by atoms with Gasteiger partial charge in [0.2, 0.25) is 5.89 Å². The van der Waals surface area contributed by atoms with Crippen molar-refractivity contribution >= 4 is 11.9 Å². The van der Waals surface area contributed by atoms with Crippen LogP contribution in [0.2, 0.25) is 0 Å². The lowest BCUT2D eigenvalue weighted by molar-refractivity contribution is -0.143. The van der Waals surface area contributed by atoms with Gasteiger partial charge in [-0.2, -0.15) is 0 Å². The summed E-state index contributed by atoms with van der Waals surface area (Å²) < 4.78 is 5.35. The van der Waals surface area contributed by atoms with E-state index >= 15 is 0 Å². The number of hydrogen-bond donors (Lipinski definition) is 1. The summed E-state index contributed by atoms with van der Waals surface area (Å²) in [5.74, 6) is -1.01. The smallest absolute Gasteiger partial charge is 0.326 e. The molecule has 0 radical (unpaired) electrons. The lowest BCUT2D eigenvalue weighted by Gasteiger charge is -2.32. The molecule has 6 heteroatoms. The molecule has 0 spiro atoms. The van der Waals surface area contributed by atoms with Gasteiger partial charge in [0.15, 0.2) is 5.69 Å². The zero-order valence-electron chi connectivity index (χ0n) is 11.9. The molecule has 1 fully saturated rings. The summed E-state index contributed by atoms with van der Waals surface area (Å²) in [5, 5.41) is 9.25. The van der Waals surface area contributed by atoms with Crippen molar-refractivity contribution in [2.75, 3.05) is 6.54 Å². The van der Waals surface area contributed by atoms with Crippen molar-refractivity contribution in [1.29, 1.82) is 0 Å². The van der Waals surface area contributed by atoms with Crippen LogP contribution in [-0.2, 0) is 4.79 Å². The number of likely N-dealkylation sites (tertiary alicyclic amines) is 1. The van der Waals surface area contributed by atoms with Gasteiger partial charge in [-0.05, 0) is 31.4 Å². The molecule has 2 heterocycles. The number of carboxylic acids is 1. The fraction of sp³-hybridized carbons (Fsp3) is 0.312. The number of benzene rings is 1. The van der Waals surface area contributed by atoms with E-state index in [4.69, 9.17) is 4.42 Å². The number of carboxylic acid groups (broad SMARTS) is 1. The SMILES string of the molecule is O=C(O)[C@@H]1CCCCN1C(=O)c1coc(-c2ccccc2)n1. The maximum atomic E-state index is 12.5. The van der Waals surface area contributed by atoms with Gasteiger partial charge in [0.1, 0.15) is 12.3 Å². The summed E-state index contributed by atoms with van der Waals surface area (Å²) >= 11 is 0. The molecule has 0 saturated carbocycles. The van der Waals surface area contributed by atoms with Gasteiger partial charge in [-0.15, -0.1) is 0 Å². The predicted octanol–water partition coefficient (Wildman–Crippen LogP) is 2.42. The molecule has 22 heavy (non-hydrogen) atoms. The maximum Gasteiger partial charge on any atom is 0.326 e. The Morgan fingerprint density at radius 1 is 1.23 bits per heavy atom. The Morgan fingerprint density at radius 2 is 2.00 bits per heavy atom. The molecule has 6 nitrogen and oxygen atoms in total. The van der Waals surface area contributed by atoms with Gasteiger partial charge in [0.05, 0.1) is 0 Å². The first-order valence-corrected chi connectivity index (χ1v) is 7.21. The summed E-state index contributed by atoms with van der Waals surface area (Å²) in [6, 6.07) is 8.47. The Bertz CT molecular complexity index is 680. The van der Waals surface area contributed by atoms with Crippen molar-refractivity contribution in [3.63, 3.8) is 0 Å². The molecular formula is C16H16N2O4. The Balaban J connectivity index is 1.83. The van der Waals surface area contributed by atoms with Crippen LogP contribution in [0.1, 0.15) is 29.8 Å². The number of nitrogens with zero attached hydrogens (tertiary/aromatic N) is 2. The van der Waals surface area contributed by atoms with Gasteiger partial charge in [-0.3, -0.25) is 4.79 Å². The minimum absolute atomic E-state index is 0.145. The Kier molecular flexibility index (Phi) is 3.91. The second-order valence-corrected chi connectivity index (χ2v) is 5.25. The molecule has 1 amide bonds. The highest BCUT2D eigenvalue weighted by Crippen LogP contribution is 2.22. The monoisotopic (exact) mass is 300 g/mol. The lowest BCUT2D eigenvalue weighted by Crippen LogP contribution is -2.48. The molecule has 1 saturated heterocycles. The zero-order valence-corrected chi connectivity index (χ0v) is 11.9. The van der Waals surface area contributed by atoms with Gasteiger partial charge in [0, 0.05) is 12.1 Å². The highest BCUT2D eigenvalue weighted by molar-refractivity contribution is 5.95. The molecule has 0 bridgehead atoms. The van der Waals surface area contributed by atoms with E-state index in [2.05, 4.69) is 4.98 Å². The summed E-state index contributed by atoms with van der Waals surface area (Å²) in [7, 11) is 0. The van der Waals surface area contributed by atoms with Crippen molar-refractivity contribution in [1.82, 2.24) is 9.88 Å². The summed E-state index contributed by atoms with van der Waals surface area (Å²) in [6.45, 7) is 0.434. The van der Waals surface area contributed by atoms with Crippen LogP contribution >= 0.6 is 0 Å². The van der Waals surface area contributed by atoms with E-state index in [9.17, 15) is 14.7 Å². The van der Waals surface area contributed by atoms with Gasteiger partial charge in [-0.25, -0.2) is 9.78 Å². The number of amides is 1. The third-order valence-corrected chi connectivity index (χ3v) is 3.79. The van der Waals surface area contributed by atoms with Crippen LogP contribution in [0.25, 0.3) is 11.5 Å². The van der Waals surface area contributed by atoms with Crippen LogP contribution in [-0.4, -0.2) is 39.5 Å². The largest absolute Gasteiger partial charge is 0.480 e. The predicted molar refractivity (Wildman–Crippen MR) is 78.3 cm³/mol. The molecule has 1 aliphatic heterocycles. The lowest BCUT2D eigenvalue weighted by atomic mass is 10.0. The molecule has 1 aliphatic rings. The quantitative estimate of drug-likeness (QED) is 0.941. The number of carbonyl (C=O) groups is 2. The number of piperidine rings is 1. The van der Waals surface area contributed by atoms with E-state index in [0.29, 0.717) is 18.9 Å². The third kappa shape index (κ3) is 2.72. The van der Waals surface area contributed by atoms with Crippen molar-refractivity contribution in [2.45, 2.75) is 25.3 Å². The molecule has 1 aromatic heterocycles. The van der Waals surface area contributed by atoms with E-state index < -0.39 is 17.9 Å². The zero-order chi connectivity index (χ0) is 15.5. The normalized spacial score (nSPS) is 18.2. The number of rotatable bonds is 3. The minimum Gasteiger partial charge on any atom is -0.480 e. The first-order valence-electron chi connectivity index (χ1n) is 7.21. The first kappa shape index (κ1) is 14.3. The molecule has 2 aromatic rings. The molecular weight excluding hydrogens is 284 g/mol. The van der Waals surface area contributed by atoms with Gasteiger partial charge >= 0.3 is 5.97 Å². The number of hydrogen-bond acceptors (Lipinski definition) is 4. The second-order valence-electron chi connectivity index (χ2n) is 5.25. The van der Waals surface area contributed by atoms with Crippen LogP contribution in [0.3, 0.4) is 0 Å². The van der Waals surface area contributed by atoms with E-state index in [1.54, 1.807) is 0 Å². The van der Waals surface area contributed by atoms with Gasteiger partial charge in [0.25, 0.3) is 5.91 Å². The molecule has 1 N–H and O–H groups in total. The Hall–Kier alpha value is -2.63. The summed E-state index contributed by atoms with van der Waals surface area (Å²) in [4.78, 5) is 29.4. The van der Waals surface area contributed by atoms with Crippen molar-refractivity contribution in [2.24, 2.45) is 0 Å². The summed E-state index contributed by atoms with van der Waals surface area (Å²) in [6.07, 6.45) is 3.39. The van der Waals surface area contributed by atoms with E-state index in [1.165, 1.54) is 11.2 Å². The number of aromatic nitrogens is 1. The molecule has 3 rings (SSSR count). The van der Waals surface area contributed by atoms with E-state index in [1.807, 2.05) is 30.3 Å². The Morgan fingerprint density at radius 3 is 2.73 bits per heavy atom. The van der Waals surface area contributed by atoms with Crippen molar-refractivity contribution < 1.29 is 19.1 Å². The number of oxazole rings is 1. The fourth-order valence-corrected chi connectivity index (χ4v) is 2.66. The topological polar surface area (TPSA) is 83.6 Å². The van der Waals surface area contributed by atoms with Crippen LogP contribution in [0.15, 0.2) is 41.0 Å². The van der Waals surface area contributed by atoms with Crippen LogP contribution in [0.4, 0.5) is 0 Å². The van der Waals surface area contributed by atoms with E-state index in [-0.39, 0.29) is 5.69 Å². The third-order valence-electron chi connectivity index (χ3n) is 3.79. The average molecular weight is 300 g/mol. The van der Waals surface area contributed by atoms with Gasteiger partial charge in [-0.1, -0.05) is 18.2 Å². The summed E-state index contributed by atoms with van der Waals surface area (Å²) in [5.41, 5.74) is 0.919. The van der Waals surface area contributed by atoms with Gasteiger partial charge < -0.3 is 14.4 Å². The van der Waals surface area contributed by atoms with Crippen molar-refractivity contribution in [3.8, 4) is 11.5 Å². The van der Waals surface area contributed by atoms with Crippen LogP contribution < -0.4 is 0 Å². The molecule has 0 unspecified atom stereocenters. The standard InChI is InChI=1S/C16H16N2O4/c19-15(18-9-5-4-8-13(18)16(20)21)12-10-22-14(17-12)11-6-2-1-3-7-11/h1-3,6-7,10,13H,4-5,8-9H2,(H,20,21)/t13-/m0/s1. The fourth-order valence-electron chi connectivity index (χ4n) is 2.66. The molecule has 114 valence electrons. The molecule has 1 atom stereocenters.